The topological polar surface area (TPSA) is 71.2 Å². The van der Waals surface area contributed by atoms with Gasteiger partial charge in [0.15, 0.2) is 0 Å². The number of anilines is 2. The Labute approximate surface area is 103 Å². The highest BCUT2D eigenvalue weighted by atomic mass is 16.3. The predicted molar refractivity (Wildman–Crippen MR) is 72.0 cm³/mol. The zero-order valence-corrected chi connectivity index (χ0v) is 11.1. The Balaban J connectivity index is 2.53. The van der Waals surface area contributed by atoms with Crippen LogP contribution in [-0.2, 0) is 0 Å². The summed E-state index contributed by atoms with van der Waals surface area (Å²) >= 11 is 0. The van der Waals surface area contributed by atoms with Gasteiger partial charge < -0.3 is 16.2 Å². The van der Waals surface area contributed by atoms with Gasteiger partial charge in [-0.05, 0) is 30.9 Å². The molecule has 0 aliphatic rings. The molecule has 0 aromatic carbocycles. The van der Waals surface area contributed by atoms with Crippen LogP contribution < -0.4 is 11.1 Å². The second-order valence-electron chi connectivity index (χ2n) is 5.69. The minimum atomic E-state index is -0.392. The summed E-state index contributed by atoms with van der Waals surface area (Å²) in [4.78, 5) is 4.29. The predicted octanol–water partition coefficient (Wildman–Crippen LogP) is 2.18. The Bertz CT molecular complexity index is 371. The van der Waals surface area contributed by atoms with Gasteiger partial charge in [-0.2, -0.15) is 0 Å². The Kier molecular flexibility index (Phi) is 4.34. The number of nitrogen functional groups attached to an aromatic ring is 1. The smallest absolute Gasteiger partial charge is 0.149 e. The molecule has 0 radical (unpaired) electrons. The minimum absolute atomic E-state index is 0.118. The second-order valence-corrected chi connectivity index (χ2v) is 5.69. The van der Waals surface area contributed by atoms with E-state index < -0.39 is 6.10 Å². The van der Waals surface area contributed by atoms with E-state index in [1.54, 1.807) is 0 Å². The molecular weight excluding hydrogens is 214 g/mol. The molecule has 0 fully saturated rings. The summed E-state index contributed by atoms with van der Waals surface area (Å²) in [6, 6.07) is 3.69. The molecule has 4 heteroatoms. The van der Waals surface area contributed by atoms with Gasteiger partial charge in [0, 0.05) is 12.2 Å². The summed E-state index contributed by atoms with van der Waals surface area (Å²) in [6.45, 7) is 8.70. The van der Waals surface area contributed by atoms with E-state index in [4.69, 9.17) is 5.73 Å². The van der Waals surface area contributed by atoms with Crippen molar-refractivity contribution in [2.75, 3.05) is 17.6 Å². The standard InChI is InChI=1S/C13H23N3O/c1-9-5-6-11(14)12(16-9)15-8-10(17)7-13(2,3)4/h5-6,10,17H,7-8,14H2,1-4H3,(H,15,16). The number of aryl methyl sites for hydroxylation is 1. The third-order valence-corrected chi connectivity index (χ3v) is 2.42. The summed E-state index contributed by atoms with van der Waals surface area (Å²) in [7, 11) is 0. The van der Waals surface area contributed by atoms with Crippen molar-refractivity contribution in [1.82, 2.24) is 4.98 Å². The first kappa shape index (κ1) is 13.8. The van der Waals surface area contributed by atoms with Crippen LogP contribution in [0.15, 0.2) is 12.1 Å². The second kappa shape index (κ2) is 5.36. The first-order chi connectivity index (χ1) is 7.78. The number of pyridine rings is 1. The molecule has 0 bridgehead atoms. The maximum absolute atomic E-state index is 9.88. The molecule has 1 aromatic heterocycles. The monoisotopic (exact) mass is 237 g/mol. The molecule has 4 nitrogen and oxygen atoms in total. The lowest BCUT2D eigenvalue weighted by atomic mass is 9.89. The van der Waals surface area contributed by atoms with Gasteiger partial charge in [-0.1, -0.05) is 20.8 Å². The van der Waals surface area contributed by atoms with Crippen molar-refractivity contribution in [1.29, 1.82) is 0 Å². The van der Waals surface area contributed by atoms with E-state index in [9.17, 15) is 5.11 Å². The zero-order valence-electron chi connectivity index (χ0n) is 11.1. The van der Waals surface area contributed by atoms with Crippen molar-refractivity contribution >= 4 is 11.5 Å². The largest absolute Gasteiger partial charge is 0.396 e. The van der Waals surface area contributed by atoms with Gasteiger partial charge in [0.2, 0.25) is 0 Å². The Morgan fingerprint density at radius 3 is 2.65 bits per heavy atom. The van der Waals surface area contributed by atoms with Crippen LogP contribution in [-0.4, -0.2) is 22.7 Å². The molecule has 4 N–H and O–H groups in total. The average molecular weight is 237 g/mol. The van der Waals surface area contributed by atoms with Crippen LogP contribution in [0.3, 0.4) is 0 Å². The number of nitrogens with two attached hydrogens (primary N) is 1. The fraction of sp³-hybridized carbons (Fsp3) is 0.615. The molecule has 0 aliphatic heterocycles. The zero-order chi connectivity index (χ0) is 13.1. The molecule has 96 valence electrons. The van der Waals surface area contributed by atoms with Crippen LogP contribution in [0.25, 0.3) is 0 Å². The van der Waals surface area contributed by atoms with Gasteiger partial charge in [0.25, 0.3) is 0 Å². The van der Waals surface area contributed by atoms with Gasteiger partial charge in [0.05, 0.1) is 11.8 Å². The molecule has 0 spiro atoms. The highest BCUT2D eigenvalue weighted by molar-refractivity contribution is 5.61. The lowest BCUT2D eigenvalue weighted by Gasteiger charge is -2.22. The highest BCUT2D eigenvalue weighted by Gasteiger charge is 2.16. The third kappa shape index (κ3) is 5.04. The molecule has 1 rings (SSSR count). The van der Waals surface area contributed by atoms with Gasteiger partial charge >= 0.3 is 0 Å². The molecule has 0 aliphatic carbocycles. The molecule has 17 heavy (non-hydrogen) atoms. The van der Waals surface area contributed by atoms with Crippen molar-refractivity contribution in [3.63, 3.8) is 0 Å². The third-order valence-electron chi connectivity index (χ3n) is 2.42. The van der Waals surface area contributed by atoms with Gasteiger partial charge in [-0.25, -0.2) is 4.98 Å². The van der Waals surface area contributed by atoms with E-state index in [-0.39, 0.29) is 5.41 Å². The van der Waals surface area contributed by atoms with E-state index in [1.807, 2.05) is 19.1 Å². The van der Waals surface area contributed by atoms with Crippen LogP contribution >= 0.6 is 0 Å². The molecule has 0 saturated heterocycles. The van der Waals surface area contributed by atoms with E-state index in [0.29, 0.717) is 18.1 Å². The van der Waals surface area contributed by atoms with Crippen molar-refractivity contribution in [3.8, 4) is 0 Å². The van der Waals surface area contributed by atoms with E-state index >= 15 is 0 Å². The van der Waals surface area contributed by atoms with Gasteiger partial charge in [-0.15, -0.1) is 0 Å². The fourth-order valence-corrected chi connectivity index (χ4v) is 1.70. The van der Waals surface area contributed by atoms with E-state index in [0.717, 1.165) is 12.1 Å². The Hall–Kier alpha value is -1.29. The summed E-state index contributed by atoms with van der Waals surface area (Å²) < 4.78 is 0. The van der Waals surface area contributed by atoms with Crippen molar-refractivity contribution < 1.29 is 5.11 Å². The quantitative estimate of drug-likeness (QED) is 0.750. The lowest BCUT2D eigenvalue weighted by molar-refractivity contribution is 0.132. The average Bonchev–Trinajstić information content (AvgIpc) is 2.17. The number of aromatic nitrogens is 1. The minimum Gasteiger partial charge on any atom is -0.396 e. The van der Waals surface area contributed by atoms with Gasteiger partial charge in [-0.3, -0.25) is 0 Å². The molecule has 0 saturated carbocycles. The van der Waals surface area contributed by atoms with Crippen LogP contribution in [0.4, 0.5) is 11.5 Å². The number of aliphatic hydroxyl groups excluding tert-OH is 1. The first-order valence-corrected chi connectivity index (χ1v) is 5.93. The van der Waals surface area contributed by atoms with Crippen molar-refractivity contribution in [3.05, 3.63) is 17.8 Å². The molecule has 1 unspecified atom stereocenters. The molecule has 0 amide bonds. The van der Waals surface area contributed by atoms with E-state index in [1.165, 1.54) is 0 Å². The highest BCUT2D eigenvalue weighted by Crippen LogP contribution is 2.21. The normalized spacial score (nSPS) is 13.5. The number of hydrogen-bond donors (Lipinski definition) is 3. The summed E-state index contributed by atoms with van der Waals surface area (Å²) in [5, 5.41) is 13.0. The Morgan fingerprint density at radius 1 is 1.41 bits per heavy atom. The lowest BCUT2D eigenvalue weighted by Crippen LogP contribution is -2.25. The van der Waals surface area contributed by atoms with Crippen molar-refractivity contribution in [2.24, 2.45) is 5.41 Å². The number of nitrogens with one attached hydrogen (secondary N) is 1. The van der Waals surface area contributed by atoms with Crippen LogP contribution in [0.5, 0.6) is 0 Å². The fourth-order valence-electron chi connectivity index (χ4n) is 1.70. The Morgan fingerprint density at radius 2 is 2.06 bits per heavy atom. The molecule has 1 aromatic rings. The van der Waals surface area contributed by atoms with Crippen LogP contribution in [0.2, 0.25) is 0 Å². The van der Waals surface area contributed by atoms with E-state index in [2.05, 4.69) is 31.1 Å². The SMILES string of the molecule is Cc1ccc(N)c(NCC(O)CC(C)(C)C)n1. The summed E-state index contributed by atoms with van der Waals surface area (Å²) in [5.41, 5.74) is 7.43. The maximum atomic E-state index is 9.88. The molecular formula is C13H23N3O. The van der Waals surface area contributed by atoms with Crippen LogP contribution in [0, 0.1) is 12.3 Å². The number of aliphatic hydroxyl groups is 1. The molecule has 1 heterocycles. The van der Waals surface area contributed by atoms with Gasteiger partial charge in [0.1, 0.15) is 5.82 Å². The summed E-state index contributed by atoms with van der Waals surface area (Å²) in [6.07, 6.45) is 0.350. The van der Waals surface area contributed by atoms with Crippen LogP contribution in [0.1, 0.15) is 32.9 Å². The first-order valence-electron chi connectivity index (χ1n) is 5.93. The maximum Gasteiger partial charge on any atom is 0.149 e. The number of nitrogens with zero attached hydrogens (tertiary/aromatic N) is 1. The summed E-state index contributed by atoms with van der Waals surface area (Å²) in [5.74, 6) is 0.651. The number of rotatable bonds is 4. The molecule has 1 atom stereocenters. The van der Waals surface area contributed by atoms with Crippen molar-refractivity contribution in [2.45, 2.75) is 40.2 Å². The number of hydrogen-bond acceptors (Lipinski definition) is 4.